The summed E-state index contributed by atoms with van der Waals surface area (Å²) in [7, 11) is 1.30. The molecule has 2 N–H and O–H groups in total. The third kappa shape index (κ3) is 4.87. The third-order valence-corrected chi connectivity index (χ3v) is 5.15. The smallest absolute Gasteiger partial charge is 0.348 e. The Kier molecular flexibility index (Phi) is 6.11. The number of esters is 1. The van der Waals surface area contributed by atoms with Gasteiger partial charge in [-0.25, -0.2) is 4.79 Å². The van der Waals surface area contributed by atoms with Gasteiger partial charge in [0, 0.05) is 12.2 Å². The number of carbonyl (C=O) groups is 2. The SMILES string of the molecule is COC(=O)c1ccc(C(=O)Nc2ccc(NCc3ccccc3)c(Cl)c2)s1. The van der Waals surface area contributed by atoms with E-state index < -0.39 is 5.97 Å². The summed E-state index contributed by atoms with van der Waals surface area (Å²) in [6, 6.07) is 18.4. The molecule has 0 fully saturated rings. The van der Waals surface area contributed by atoms with Crippen LogP contribution in [0.5, 0.6) is 0 Å². The second-order valence-corrected chi connectivity index (χ2v) is 7.13. The zero-order valence-electron chi connectivity index (χ0n) is 14.5. The predicted octanol–water partition coefficient (Wildman–Crippen LogP) is 5.05. The molecular weight excluding hydrogens is 384 g/mol. The molecule has 0 aliphatic rings. The van der Waals surface area contributed by atoms with Crippen LogP contribution in [0.2, 0.25) is 5.02 Å². The number of nitrogens with one attached hydrogen (secondary N) is 2. The maximum absolute atomic E-state index is 12.3. The Morgan fingerprint density at radius 2 is 1.78 bits per heavy atom. The molecule has 7 heteroatoms. The minimum atomic E-state index is -0.462. The summed E-state index contributed by atoms with van der Waals surface area (Å²) >= 11 is 7.39. The van der Waals surface area contributed by atoms with Gasteiger partial charge in [0.25, 0.3) is 5.91 Å². The van der Waals surface area contributed by atoms with Gasteiger partial charge in [-0.1, -0.05) is 41.9 Å². The van der Waals surface area contributed by atoms with E-state index in [2.05, 4.69) is 15.4 Å². The van der Waals surface area contributed by atoms with Crippen molar-refractivity contribution in [3.8, 4) is 0 Å². The number of thiophene rings is 1. The molecule has 1 aromatic heterocycles. The van der Waals surface area contributed by atoms with Crippen LogP contribution in [0.25, 0.3) is 0 Å². The van der Waals surface area contributed by atoms with Gasteiger partial charge < -0.3 is 15.4 Å². The number of anilines is 2. The van der Waals surface area contributed by atoms with Crippen molar-refractivity contribution in [3.63, 3.8) is 0 Å². The van der Waals surface area contributed by atoms with E-state index in [0.29, 0.717) is 27.0 Å². The Balaban J connectivity index is 1.64. The zero-order chi connectivity index (χ0) is 19.2. The second-order valence-electron chi connectivity index (χ2n) is 5.64. The van der Waals surface area contributed by atoms with E-state index in [1.54, 1.807) is 24.3 Å². The van der Waals surface area contributed by atoms with Crippen molar-refractivity contribution in [2.45, 2.75) is 6.54 Å². The minimum absolute atomic E-state index is 0.309. The average Bonchev–Trinajstić information content (AvgIpc) is 3.18. The molecule has 27 heavy (non-hydrogen) atoms. The highest BCUT2D eigenvalue weighted by Crippen LogP contribution is 2.27. The number of ether oxygens (including phenoxy) is 1. The van der Waals surface area contributed by atoms with Crippen LogP contribution < -0.4 is 10.6 Å². The first kappa shape index (κ1) is 18.9. The van der Waals surface area contributed by atoms with Gasteiger partial charge in [0.05, 0.1) is 22.7 Å². The van der Waals surface area contributed by atoms with Gasteiger partial charge in [-0.05, 0) is 35.9 Å². The van der Waals surface area contributed by atoms with E-state index in [0.717, 1.165) is 22.6 Å². The van der Waals surface area contributed by atoms with E-state index in [-0.39, 0.29) is 5.91 Å². The molecule has 0 radical (unpaired) electrons. The van der Waals surface area contributed by atoms with E-state index in [9.17, 15) is 9.59 Å². The van der Waals surface area contributed by atoms with Crippen LogP contribution in [0, 0.1) is 0 Å². The van der Waals surface area contributed by atoms with Crippen LogP contribution in [-0.4, -0.2) is 19.0 Å². The molecule has 5 nitrogen and oxygen atoms in total. The Labute approximate surface area is 165 Å². The van der Waals surface area contributed by atoms with Crippen molar-refractivity contribution < 1.29 is 14.3 Å². The zero-order valence-corrected chi connectivity index (χ0v) is 16.1. The molecule has 138 valence electrons. The molecular formula is C20H17ClN2O3S. The molecule has 0 aliphatic carbocycles. The lowest BCUT2D eigenvalue weighted by atomic mass is 10.2. The minimum Gasteiger partial charge on any atom is -0.465 e. The topological polar surface area (TPSA) is 67.4 Å². The Morgan fingerprint density at radius 1 is 1.04 bits per heavy atom. The second kappa shape index (κ2) is 8.70. The first-order valence-corrected chi connectivity index (χ1v) is 9.33. The summed E-state index contributed by atoms with van der Waals surface area (Å²) in [5.74, 6) is -0.771. The molecule has 3 aromatic rings. The maximum atomic E-state index is 12.3. The molecule has 0 atom stereocenters. The summed E-state index contributed by atoms with van der Waals surface area (Å²) in [5.41, 5.74) is 2.50. The van der Waals surface area contributed by atoms with Gasteiger partial charge >= 0.3 is 5.97 Å². The Hall–Kier alpha value is -2.83. The molecule has 2 aromatic carbocycles. The molecule has 1 amide bonds. The van der Waals surface area contributed by atoms with Gasteiger partial charge in [-0.2, -0.15) is 0 Å². The average molecular weight is 401 g/mol. The van der Waals surface area contributed by atoms with Crippen molar-refractivity contribution in [2.24, 2.45) is 0 Å². The summed E-state index contributed by atoms with van der Waals surface area (Å²) < 4.78 is 4.65. The van der Waals surface area contributed by atoms with Crippen molar-refractivity contribution >= 4 is 46.2 Å². The lowest BCUT2D eigenvalue weighted by Gasteiger charge is -2.11. The molecule has 0 saturated carbocycles. The van der Waals surface area contributed by atoms with Crippen LogP contribution in [0.4, 0.5) is 11.4 Å². The van der Waals surface area contributed by atoms with E-state index in [1.807, 2.05) is 36.4 Å². The van der Waals surface area contributed by atoms with Crippen LogP contribution >= 0.6 is 22.9 Å². The van der Waals surface area contributed by atoms with Crippen molar-refractivity contribution in [3.05, 3.63) is 81.0 Å². The van der Waals surface area contributed by atoms with Gasteiger partial charge in [0.15, 0.2) is 0 Å². The molecule has 1 heterocycles. The van der Waals surface area contributed by atoms with E-state index in [1.165, 1.54) is 7.11 Å². The van der Waals surface area contributed by atoms with Crippen LogP contribution in [0.3, 0.4) is 0 Å². The lowest BCUT2D eigenvalue weighted by molar-refractivity contribution is 0.0606. The number of rotatable bonds is 6. The third-order valence-electron chi connectivity index (χ3n) is 3.77. The van der Waals surface area contributed by atoms with Crippen LogP contribution in [-0.2, 0) is 11.3 Å². The summed E-state index contributed by atoms with van der Waals surface area (Å²) in [6.45, 7) is 0.651. The number of methoxy groups -OCH3 is 1. The molecule has 0 aliphatic heterocycles. The van der Waals surface area contributed by atoms with Crippen molar-refractivity contribution in [2.75, 3.05) is 17.7 Å². The number of amides is 1. The molecule has 0 saturated heterocycles. The fourth-order valence-corrected chi connectivity index (χ4v) is 3.46. The number of carbonyl (C=O) groups excluding carboxylic acids is 2. The van der Waals surface area contributed by atoms with Gasteiger partial charge in [0.2, 0.25) is 0 Å². The van der Waals surface area contributed by atoms with Crippen molar-refractivity contribution in [1.82, 2.24) is 0 Å². The van der Waals surface area contributed by atoms with E-state index >= 15 is 0 Å². The molecule has 0 bridgehead atoms. The highest BCUT2D eigenvalue weighted by atomic mass is 35.5. The fraction of sp³-hybridized carbons (Fsp3) is 0.100. The number of halogens is 1. The van der Waals surface area contributed by atoms with Crippen molar-refractivity contribution in [1.29, 1.82) is 0 Å². The molecule has 0 spiro atoms. The largest absolute Gasteiger partial charge is 0.465 e. The first-order valence-electron chi connectivity index (χ1n) is 8.13. The number of benzene rings is 2. The summed E-state index contributed by atoms with van der Waals surface area (Å²) in [5, 5.41) is 6.55. The van der Waals surface area contributed by atoms with Gasteiger partial charge in [-0.15, -0.1) is 11.3 Å². The van der Waals surface area contributed by atoms with E-state index in [4.69, 9.17) is 11.6 Å². The first-order chi connectivity index (χ1) is 13.1. The monoisotopic (exact) mass is 400 g/mol. The maximum Gasteiger partial charge on any atom is 0.348 e. The Bertz CT molecular complexity index is 957. The Morgan fingerprint density at radius 3 is 2.48 bits per heavy atom. The summed E-state index contributed by atoms with van der Waals surface area (Å²) in [6.07, 6.45) is 0. The highest BCUT2D eigenvalue weighted by Gasteiger charge is 2.14. The van der Waals surface area contributed by atoms with Crippen LogP contribution in [0.1, 0.15) is 24.9 Å². The number of hydrogen-bond acceptors (Lipinski definition) is 5. The summed E-state index contributed by atoms with van der Waals surface area (Å²) in [4.78, 5) is 24.6. The number of hydrogen-bond donors (Lipinski definition) is 2. The van der Waals surface area contributed by atoms with Gasteiger partial charge in [0.1, 0.15) is 4.88 Å². The standard InChI is InChI=1S/C20H17ClN2O3S/c1-26-20(25)18-10-9-17(27-18)19(24)23-14-7-8-16(15(21)11-14)22-12-13-5-3-2-4-6-13/h2-11,22H,12H2,1H3,(H,23,24). The molecule has 3 rings (SSSR count). The highest BCUT2D eigenvalue weighted by molar-refractivity contribution is 7.16. The quantitative estimate of drug-likeness (QED) is 0.568. The lowest BCUT2D eigenvalue weighted by Crippen LogP contribution is -2.10. The predicted molar refractivity (Wildman–Crippen MR) is 109 cm³/mol. The van der Waals surface area contributed by atoms with Gasteiger partial charge in [-0.3, -0.25) is 4.79 Å². The van der Waals surface area contributed by atoms with Crippen LogP contribution in [0.15, 0.2) is 60.7 Å². The fourth-order valence-electron chi connectivity index (χ4n) is 2.39. The normalized spacial score (nSPS) is 10.3. The molecule has 0 unspecified atom stereocenters.